The first kappa shape index (κ1) is 22.7. The summed E-state index contributed by atoms with van der Waals surface area (Å²) >= 11 is 0. The number of nitrogens with two attached hydrogens (primary N) is 1. The van der Waals surface area contributed by atoms with Gasteiger partial charge in [0.1, 0.15) is 17.2 Å². The minimum atomic E-state index is -4.76. The van der Waals surface area contributed by atoms with Crippen molar-refractivity contribution < 1.29 is 36.3 Å². The number of benzene rings is 2. The number of anilines is 1. The van der Waals surface area contributed by atoms with Crippen molar-refractivity contribution in [3.63, 3.8) is 0 Å². The van der Waals surface area contributed by atoms with Crippen LogP contribution in [0.2, 0.25) is 0 Å². The number of aromatic nitrogens is 1. The maximum Gasteiger partial charge on any atom is 0.416 e. The average Bonchev–Trinajstić information content (AvgIpc) is 2.73. The van der Waals surface area contributed by atoms with E-state index in [-0.39, 0.29) is 28.4 Å². The second-order valence-corrected chi connectivity index (χ2v) is 6.54. The van der Waals surface area contributed by atoms with Crippen molar-refractivity contribution in [3.8, 4) is 11.5 Å². The quantitative estimate of drug-likeness (QED) is 0.544. The zero-order valence-electron chi connectivity index (χ0n) is 16.3. The van der Waals surface area contributed by atoms with Crippen LogP contribution in [-0.4, -0.2) is 16.8 Å². The molecule has 2 aromatic carbocycles. The fourth-order valence-electron chi connectivity index (χ4n) is 2.68. The third kappa shape index (κ3) is 4.82. The molecule has 11 heteroatoms. The van der Waals surface area contributed by atoms with Crippen molar-refractivity contribution in [2.75, 3.05) is 5.32 Å². The van der Waals surface area contributed by atoms with Gasteiger partial charge in [-0.1, -0.05) is 0 Å². The number of rotatable bonds is 5. The van der Waals surface area contributed by atoms with Gasteiger partial charge < -0.3 is 15.8 Å². The zero-order valence-corrected chi connectivity index (χ0v) is 16.3. The molecular formula is C21H14F5N3O3. The number of amides is 2. The molecule has 3 aromatic rings. The molecule has 0 fully saturated rings. The molecule has 0 aliphatic heterocycles. The molecule has 0 spiro atoms. The van der Waals surface area contributed by atoms with Gasteiger partial charge in [0.05, 0.1) is 11.1 Å². The summed E-state index contributed by atoms with van der Waals surface area (Å²) in [6, 6.07) is 6.40. The lowest BCUT2D eigenvalue weighted by Crippen LogP contribution is -2.17. The molecule has 6 nitrogen and oxygen atoms in total. The minimum Gasteiger partial charge on any atom is -0.456 e. The molecule has 0 atom stereocenters. The van der Waals surface area contributed by atoms with Gasteiger partial charge in [0.25, 0.3) is 11.8 Å². The maximum atomic E-state index is 13.8. The van der Waals surface area contributed by atoms with Gasteiger partial charge in [-0.3, -0.25) is 14.6 Å². The Hall–Kier alpha value is -4.02. The van der Waals surface area contributed by atoms with E-state index in [1.807, 2.05) is 0 Å². The number of hydrogen-bond donors (Lipinski definition) is 2. The predicted octanol–water partition coefficient (Wildman–Crippen LogP) is 4.83. The SMILES string of the molecule is Cc1c(Oc2ccc(C(F)(F)F)cc2C(=O)Nc2ccnc(C(N)=O)c2)ccc(F)c1F. The molecular weight excluding hydrogens is 437 g/mol. The Morgan fingerprint density at radius 3 is 2.38 bits per heavy atom. The number of halogens is 5. The molecule has 1 heterocycles. The Morgan fingerprint density at radius 2 is 1.72 bits per heavy atom. The summed E-state index contributed by atoms with van der Waals surface area (Å²) in [5, 5.41) is 2.33. The van der Waals surface area contributed by atoms with Crippen LogP contribution in [0.1, 0.15) is 32.0 Å². The van der Waals surface area contributed by atoms with Crippen LogP contribution in [0, 0.1) is 18.6 Å². The lowest BCUT2D eigenvalue weighted by atomic mass is 10.1. The summed E-state index contributed by atoms with van der Waals surface area (Å²) in [5.74, 6) is -4.77. The van der Waals surface area contributed by atoms with Crippen molar-refractivity contribution >= 4 is 17.5 Å². The largest absolute Gasteiger partial charge is 0.456 e. The fourth-order valence-corrected chi connectivity index (χ4v) is 2.68. The number of alkyl halides is 3. The summed E-state index contributed by atoms with van der Waals surface area (Å²) in [6.07, 6.45) is -3.59. The van der Waals surface area contributed by atoms with E-state index in [1.54, 1.807) is 0 Å². The van der Waals surface area contributed by atoms with Crippen molar-refractivity contribution in [1.29, 1.82) is 0 Å². The Kier molecular flexibility index (Phi) is 6.10. The van der Waals surface area contributed by atoms with Crippen molar-refractivity contribution in [2.45, 2.75) is 13.1 Å². The smallest absolute Gasteiger partial charge is 0.416 e. The molecule has 166 valence electrons. The van der Waals surface area contributed by atoms with Gasteiger partial charge in [0.2, 0.25) is 0 Å². The number of pyridine rings is 1. The van der Waals surface area contributed by atoms with Crippen LogP contribution < -0.4 is 15.8 Å². The lowest BCUT2D eigenvalue weighted by molar-refractivity contribution is -0.137. The third-order valence-corrected chi connectivity index (χ3v) is 4.33. The van der Waals surface area contributed by atoms with Gasteiger partial charge in [-0.15, -0.1) is 0 Å². The van der Waals surface area contributed by atoms with Crippen LogP contribution in [0.4, 0.5) is 27.6 Å². The lowest BCUT2D eigenvalue weighted by Gasteiger charge is -2.16. The van der Waals surface area contributed by atoms with E-state index in [1.165, 1.54) is 19.2 Å². The maximum absolute atomic E-state index is 13.8. The van der Waals surface area contributed by atoms with Gasteiger partial charge in [-0.25, -0.2) is 8.78 Å². The molecule has 0 radical (unpaired) electrons. The predicted molar refractivity (Wildman–Crippen MR) is 103 cm³/mol. The van der Waals surface area contributed by atoms with Gasteiger partial charge in [0, 0.05) is 17.4 Å². The van der Waals surface area contributed by atoms with Crippen LogP contribution in [0.5, 0.6) is 11.5 Å². The number of primary amides is 1. The molecule has 2 amide bonds. The normalized spacial score (nSPS) is 11.2. The van der Waals surface area contributed by atoms with Crippen molar-refractivity contribution in [2.24, 2.45) is 5.73 Å². The Balaban J connectivity index is 2.02. The molecule has 32 heavy (non-hydrogen) atoms. The highest BCUT2D eigenvalue weighted by molar-refractivity contribution is 6.06. The van der Waals surface area contributed by atoms with E-state index < -0.39 is 40.8 Å². The molecule has 1 aromatic heterocycles. The van der Waals surface area contributed by atoms with Crippen LogP contribution in [-0.2, 0) is 6.18 Å². The Labute approximate surface area is 177 Å². The second-order valence-electron chi connectivity index (χ2n) is 6.54. The molecule has 0 aliphatic carbocycles. The second kappa shape index (κ2) is 8.61. The van der Waals surface area contributed by atoms with E-state index in [0.29, 0.717) is 12.1 Å². The standard InChI is InChI=1S/C21H14F5N3O3/c1-10-16(5-3-14(22)18(10)23)32-17-4-2-11(21(24,25)26)8-13(17)20(31)29-12-6-7-28-15(9-12)19(27)30/h2-9H,1H3,(H2,27,30)(H,28,29,31). The number of nitrogens with zero attached hydrogens (tertiary/aromatic N) is 1. The highest BCUT2D eigenvalue weighted by Gasteiger charge is 2.32. The van der Waals surface area contributed by atoms with E-state index in [2.05, 4.69) is 10.3 Å². The fraction of sp³-hybridized carbons (Fsp3) is 0.0952. The zero-order chi connectivity index (χ0) is 23.6. The van der Waals surface area contributed by atoms with E-state index >= 15 is 0 Å². The Bertz CT molecular complexity index is 1210. The van der Waals surface area contributed by atoms with Gasteiger partial charge >= 0.3 is 6.18 Å². The van der Waals surface area contributed by atoms with E-state index in [9.17, 15) is 31.5 Å². The van der Waals surface area contributed by atoms with Crippen LogP contribution >= 0.6 is 0 Å². The van der Waals surface area contributed by atoms with Gasteiger partial charge in [-0.05, 0) is 49.4 Å². The summed E-state index contributed by atoms with van der Waals surface area (Å²) < 4.78 is 72.2. The molecule has 0 unspecified atom stereocenters. The van der Waals surface area contributed by atoms with Gasteiger partial charge in [-0.2, -0.15) is 13.2 Å². The van der Waals surface area contributed by atoms with Crippen LogP contribution in [0.15, 0.2) is 48.7 Å². The highest BCUT2D eigenvalue weighted by Crippen LogP contribution is 2.35. The average molecular weight is 451 g/mol. The topological polar surface area (TPSA) is 94.3 Å². The molecule has 3 rings (SSSR count). The number of hydrogen-bond acceptors (Lipinski definition) is 4. The highest BCUT2D eigenvalue weighted by atomic mass is 19.4. The summed E-state index contributed by atoms with van der Waals surface area (Å²) in [7, 11) is 0. The molecule has 0 bridgehead atoms. The first-order valence-electron chi connectivity index (χ1n) is 8.88. The monoisotopic (exact) mass is 451 g/mol. The summed E-state index contributed by atoms with van der Waals surface area (Å²) in [4.78, 5) is 27.7. The van der Waals surface area contributed by atoms with E-state index in [0.717, 1.165) is 24.3 Å². The van der Waals surface area contributed by atoms with Crippen molar-refractivity contribution in [1.82, 2.24) is 4.98 Å². The first-order valence-corrected chi connectivity index (χ1v) is 8.88. The molecule has 3 N–H and O–H groups in total. The number of carbonyl (C=O) groups excluding carboxylic acids is 2. The van der Waals surface area contributed by atoms with E-state index in [4.69, 9.17) is 10.5 Å². The van der Waals surface area contributed by atoms with Crippen LogP contribution in [0.3, 0.4) is 0 Å². The van der Waals surface area contributed by atoms with Crippen LogP contribution in [0.25, 0.3) is 0 Å². The summed E-state index contributed by atoms with van der Waals surface area (Å²) in [6.45, 7) is 1.21. The Morgan fingerprint density at radius 1 is 1.03 bits per heavy atom. The first-order chi connectivity index (χ1) is 15.0. The van der Waals surface area contributed by atoms with Gasteiger partial charge in [0.15, 0.2) is 11.6 Å². The number of carbonyl (C=O) groups is 2. The minimum absolute atomic E-state index is 0.0335. The third-order valence-electron chi connectivity index (χ3n) is 4.33. The number of nitrogens with one attached hydrogen (secondary N) is 1. The molecule has 0 saturated carbocycles. The molecule has 0 aliphatic rings. The van der Waals surface area contributed by atoms with Crippen molar-refractivity contribution in [3.05, 3.63) is 82.7 Å². The number of ether oxygens (including phenoxy) is 1. The summed E-state index contributed by atoms with van der Waals surface area (Å²) in [5.41, 5.74) is 3.06. The molecule has 0 saturated heterocycles.